The Bertz CT molecular complexity index is 635. The normalized spacial score (nSPS) is 24.6. The van der Waals surface area contributed by atoms with Crippen LogP contribution in [-0.2, 0) is 0 Å². The van der Waals surface area contributed by atoms with Crippen LogP contribution in [0, 0.1) is 17.9 Å². The van der Waals surface area contributed by atoms with Gasteiger partial charge in [0.15, 0.2) is 0 Å². The highest BCUT2D eigenvalue weighted by atomic mass is 19.3. The average molecular weight is 407 g/mol. The molecule has 160 valence electrons. The van der Waals surface area contributed by atoms with Gasteiger partial charge in [-0.3, -0.25) is 4.90 Å². The quantitative estimate of drug-likeness (QED) is 0.400. The number of nitrogens with one attached hydrogen (secondary N) is 1. The zero-order valence-electron chi connectivity index (χ0n) is 17.2. The Kier molecular flexibility index (Phi) is 7.69. The van der Waals surface area contributed by atoms with Crippen LogP contribution >= 0.6 is 0 Å². The van der Waals surface area contributed by atoms with Gasteiger partial charge >= 0.3 is 0 Å². The fourth-order valence-electron chi connectivity index (χ4n) is 4.72. The van der Waals surface area contributed by atoms with E-state index in [0.29, 0.717) is 37.9 Å². The van der Waals surface area contributed by atoms with Gasteiger partial charge in [0.1, 0.15) is 5.82 Å². The Morgan fingerprint density at radius 1 is 1.14 bits per heavy atom. The van der Waals surface area contributed by atoms with Gasteiger partial charge in [-0.1, -0.05) is 6.42 Å². The van der Waals surface area contributed by atoms with E-state index in [1.54, 1.807) is 4.90 Å². The van der Waals surface area contributed by atoms with Crippen molar-refractivity contribution in [2.24, 2.45) is 0 Å². The standard InChI is InChI=1S/C21H32F2N6/c1-25-19(16-24)20(26-9-5-10-27-15-8-21(22,23)17-27)29-13-6-18(7-14-29)28-11-3-2-4-12-28/h18,26H,2-15,17H2/b20-19+. The molecule has 0 aromatic rings. The van der Waals surface area contributed by atoms with Crippen molar-refractivity contribution in [1.82, 2.24) is 20.0 Å². The SMILES string of the molecule is [C-]#[N+]/C(C#N)=C(\NCCCN1CCC(F)(F)C1)N1CCC(N2CCCCC2)CC1. The van der Waals surface area contributed by atoms with Gasteiger partial charge in [-0.25, -0.2) is 18.9 Å². The molecule has 3 rings (SSSR count). The maximum Gasteiger partial charge on any atom is 0.300 e. The van der Waals surface area contributed by atoms with Gasteiger partial charge in [0.25, 0.3) is 11.6 Å². The number of nitrogens with zero attached hydrogens (tertiary/aromatic N) is 5. The number of hydrogen-bond acceptors (Lipinski definition) is 5. The van der Waals surface area contributed by atoms with Crippen molar-refractivity contribution in [2.75, 3.05) is 52.4 Å². The molecule has 0 spiro atoms. The summed E-state index contributed by atoms with van der Waals surface area (Å²) in [5, 5.41) is 12.7. The van der Waals surface area contributed by atoms with Crippen LogP contribution in [0.2, 0.25) is 0 Å². The molecular formula is C21H32F2N6. The van der Waals surface area contributed by atoms with Crippen molar-refractivity contribution < 1.29 is 8.78 Å². The van der Waals surface area contributed by atoms with Crippen LogP contribution in [0.1, 0.15) is 44.9 Å². The van der Waals surface area contributed by atoms with Gasteiger partial charge in [0.2, 0.25) is 0 Å². The monoisotopic (exact) mass is 406 g/mol. The number of alkyl halides is 2. The highest BCUT2D eigenvalue weighted by molar-refractivity contribution is 5.32. The second kappa shape index (κ2) is 10.2. The maximum atomic E-state index is 13.3. The van der Waals surface area contributed by atoms with Gasteiger partial charge in [-0.05, 0) is 45.2 Å². The summed E-state index contributed by atoms with van der Waals surface area (Å²) in [6.07, 6.45) is 6.64. The second-order valence-electron chi connectivity index (χ2n) is 8.40. The van der Waals surface area contributed by atoms with Gasteiger partial charge < -0.3 is 15.1 Å². The molecule has 6 nitrogen and oxygen atoms in total. The minimum atomic E-state index is -2.56. The predicted molar refractivity (Wildman–Crippen MR) is 108 cm³/mol. The largest absolute Gasteiger partial charge is 0.380 e. The molecule has 0 aromatic heterocycles. The molecule has 29 heavy (non-hydrogen) atoms. The molecule has 0 saturated carbocycles. The van der Waals surface area contributed by atoms with E-state index in [-0.39, 0.29) is 18.7 Å². The summed E-state index contributed by atoms with van der Waals surface area (Å²) in [5.41, 5.74) is 0.0918. The Balaban J connectivity index is 1.49. The Labute approximate surface area is 172 Å². The molecule has 8 heteroatoms. The third kappa shape index (κ3) is 6.04. The lowest BCUT2D eigenvalue weighted by atomic mass is 10.00. The van der Waals surface area contributed by atoms with Crippen molar-refractivity contribution >= 4 is 0 Å². The first kappa shape index (κ1) is 21.8. The van der Waals surface area contributed by atoms with Crippen LogP contribution in [-0.4, -0.2) is 79.0 Å². The summed E-state index contributed by atoms with van der Waals surface area (Å²) in [6, 6.07) is 2.62. The van der Waals surface area contributed by atoms with Crippen LogP contribution < -0.4 is 5.32 Å². The number of likely N-dealkylation sites (tertiary alicyclic amines) is 3. The van der Waals surface area contributed by atoms with Gasteiger partial charge in [0, 0.05) is 45.2 Å². The van der Waals surface area contributed by atoms with E-state index in [1.807, 2.05) is 6.07 Å². The lowest BCUT2D eigenvalue weighted by Crippen LogP contribution is -2.48. The predicted octanol–water partition coefficient (Wildman–Crippen LogP) is 2.87. The number of halogens is 2. The highest BCUT2D eigenvalue weighted by Gasteiger charge is 2.37. The summed E-state index contributed by atoms with van der Waals surface area (Å²) in [4.78, 5) is 9.92. The molecule has 0 atom stereocenters. The Hall–Kier alpha value is -1.90. The summed E-state index contributed by atoms with van der Waals surface area (Å²) >= 11 is 0. The topological polar surface area (TPSA) is 49.9 Å². The third-order valence-electron chi connectivity index (χ3n) is 6.32. The van der Waals surface area contributed by atoms with Crippen molar-refractivity contribution in [2.45, 2.75) is 56.9 Å². The number of piperidine rings is 2. The minimum absolute atomic E-state index is 0.0617. The molecule has 0 bridgehead atoms. The highest BCUT2D eigenvalue weighted by Crippen LogP contribution is 2.27. The fraction of sp³-hybridized carbons (Fsp3) is 0.810. The lowest BCUT2D eigenvalue weighted by Gasteiger charge is -2.41. The second-order valence-corrected chi connectivity index (χ2v) is 8.40. The molecule has 0 unspecified atom stereocenters. The van der Waals surface area contributed by atoms with E-state index in [1.165, 1.54) is 32.4 Å². The van der Waals surface area contributed by atoms with E-state index in [0.717, 1.165) is 25.9 Å². The van der Waals surface area contributed by atoms with Gasteiger partial charge in [-0.2, -0.15) is 0 Å². The zero-order valence-corrected chi connectivity index (χ0v) is 17.2. The molecule has 3 saturated heterocycles. The molecule has 3 aliphatic rings. The fourth-order valence-corrected chi connectivity index (χ4v) is 4.72. The summed E-state index contributed by atoms with van der Waals surface area (Å²) in [5.74, 6) is -1.94. The van der Waals surface area contributed by atoms with Crippen LogP contribution in [0.4, 0.5) is 8.78 Å². The first-order valence-corrected chi connectivity index (χ1v) is 10.9. The van der Waals surface area contributed by atoms with E-state index < -0.39 is 5.92 Å². The molecule has 3 aliphatic heterocycles. The first-order chi connectivity index (χ1) is 14.0. The van der Waals surface area contributed by atoms with Crippen molar-refractivity contribution in [3.05, 3.63) is 22.9 Å². The van der Waals surface area contributed by atoms with Crippen molar-refractivity contribution in [1.29, 1.82) is 5.26 Å². The summed E-state index contributed by atoms with van der Waals surface area (Å²) in [7, 11) is 0. The van der Waals surface area contributed by atoms with Crippen LogP contribution in [0.15, 0.2) is 11.5 Å². The minimum Gasteiger partial charge on any atom is -0.380 e. The molecule has 3 fully saturated rings. The average Bonchev–Trinajstić information content (AvgIpc) is 3.10. The van der Waals surface area contributed by atoms with Crippen LogP contribution in [0.5, 0.6) is 0 Å². The number of rotatable bonds is 7. The van der Waals surface area contributed by atoms with E-state index >= 15 is 0 Å². The third-order valence-corrected chi connectivity index (χ3v) is 6.32. The van der Waals surface area contributed by atoms with Crippen molar-refractivity contribution in [3.8, 4) is 6.07 Å². The van der Waals surface area contributed by atoms with Crippen molar-refractivity contribution in [3.63, 3.8) is 0 Å². The summed E-state index contributed by atoms with van der Waals surface area (Å²) in [6.45, 7) is 12.8. The number of hydrogen-bond donors (Lipinski definition) is 1. The lowest BCUT2D eigenvalue weighted by molar-refractivity contribution is 0.0122. The molecule has 0 aromatic carbocycles. The van der Waals surface area contributed by atoms with Crippen LogP contribution in [0.25, 0.3) is 4.85 Å². The van der Waals surface area contributed by atoms with Gasteiger partial charge in [-0.15, -0.1) is 0 Å². The first-order valence-electron chi connectivity index (χ1n) is 10.9. The number of nitriles is 1. The molecule has 0 amide bonds. The number of allylic oxidation sites excluding steroid dienone is 1. The molecule has 0 radical (unpaired) electrons. The molecule has 1 N–H and O–H groups in total. The molecule has 0 aliphatic carbocycles. The summed E-state index contributed by atoms with van der Waals surface area (Å²) < 4.78 is 26.6. The van der Waals surface area contributed by atoms with Gasteiger partial charge in [0.05, 0.1) is 19.2 Å². The van der Waals surface area contributed by atoms with E-state index in [4.69, 9.17) is 6.57 Å². The molecule has 3 heterocycles. The van der Waals surface area contributed by atoms with Crippen LogP contribution in [0.3, 0.4) is 0 Å². The van der Waals surface area contributed by atoms with E-state index in [2.05, 4.69) is 20.0 Å². The zero-order chi connectivity index (χ0) is 20.7. The maximum absolute atomic E-state index is 13.3. The Morgan fingerprint density at radius 3 is 2.45 bits per heavy atom. The molecular weight excluding hydrogens is 374 g/mol. The smallest absolute Gasteiger partial charge is 0.300 e. The van der Waals surface area contributed by atoms with E-state index in [9.17, 15) is 14.0 Å². The Morgan fingerprint density at radius 2 is 1.86 bits per heavy atom.